The van der Waals surface area contributed by atoms with Crippen molar-refractivity contribution in [1.29, 1.82) is 0 Å². The maximum absolute atomic E-state index is 11.7. The third-order valence-corrected chi connectivity index (χ3v) is 22.1. The number of carbonyl (C=O) groups excluding carboxylic acids is 9. The Labute approximate surface area is 741 Å². The van der Waals surface area contributed by atoms with Gasteiger partial charge < -0.3 is 84.8 Å². The number of ether oxygens (including phenoxy) is 6. The topological polar surface area (TPSA) is 394 Å². The summed E-state index contributed by atoms with van der Waals surface area (Å²) in [5, 5.41) is 34.2. The average molecular weight is 1710 g/mol. The van der Waals surface area contributed by atoms with Crippen molar-refractivity contribution in [2.75, 3.05) is 61.0 Å². The molecule has 0 rings (SSSR count). The number of nitrogens with one attached hydrogen (secondary N) is 3. The minimum absolute atomic E-state index is 0. The van der Waals surface area contributed by atoms with Gasteiger partial charge in [-0.05, 0) is 158 Å². The Kier molecular flexibility index (Phi) is 73.3. The van der Waals surface area contributed by atoms with Gasteiger partial charge in [-0.3, -0.25) is 24.0 Å². The van der Waals surface area contributed by atoms with Crippen LogP contribution < -0.4 is 46.3 Å². The first-order chi connectivity index (χ1) is 50.1. The summed E-state index contributed by atoms with van der Waals surface area (Å²) in [4.78, 5) is 120. The maximum atomic E-state index is 11.7. The van der Waals surface area contributed by atoms with Gasteiger partial charge in [-0.15, -0.1) is 8.58 Å². The third-order valence-electron chi connectivity index (χ3n) is 22.1. The van der Waals surface area contributed by atoms with Gasteiger partial charge in [0.25, 0.3) is 0 Å². The molecule has 0 bridgehead atoms. The number of alkyl carbamates (subject to hydrolysis) is 1. The second kappa shape index (κ2) is 60.8. The zero-order chi connectivity index (χ0) is 94.5. The van der Waals surface area contributed by atoms with E-state index in [2.05, 4.69) is 215 Å². The van der Waals surface area contributed by atoms with Crippen LogP contribution in [0.5, 0.6) is 0 Å². The van der Waals surface area contributed by atoms with Gasteiger partial charge in [-0.25, -0.2) is 24.0 Å². The van der Waals surface area contributed by atoms with E-state index in [4.69, 9.17) is 30.2 Å². The molecular weight excluding hydrogens is 1520 g/mol. The van der Waals surface area contributed by atoms with Gasteiger partial charge in [0.05, 0.1) is 46.4 Å². The number of carboxylic acid groups (broad SMARTS) is 2. The number of aliphatic hydroxyl groups is 1. The van der Waals surface area contributed by atoms with Crippen molar-refractivity contribution >= 4 is 92.9 Å². The van der Waals surface area contributed by atoms with Crippen molar-refractivity contribution in [3.63, 3.8) is 0 Å². The van der Waals surface area contributed by atoms with E-state index in [1.54, 1.807) is 26.8 Å². The Hall–Kier alpha value is -4.65. The normalized spacial score (nSPS) is 12.9. The molecule has 0 heterocycles. The first kappa shape index (κ1) is 141. The zero-order valence-corrected chi connectivity index (χ0v) is 84.8. The third kappa shape index (κ3) is 67.6. The van der Waals surface area contributed by atoms with Gasteiger partial charge in [0.2, 0.25) is 12.8 Å². The van der Waals surface area contributed by atoms with Crippen molar-refractivity contribution in [3.05, 3.63) is 19.2 Å². The van der Waals surface area contributed by atoms with E-state index in [0.717, 1.165) is 14.9 Å². The number of aliphatic carboxylic acids is 2. The second-order valence-electron chi connectivity index (χ2n) is 42.0. The molecule has 696 valence electrons. The molecule has 0 saturated heterocycles. The van der Waals surface area contributed by atoms with Crippen LogP contribution in [0.2, 0.25) is 0 Å². The van der Waals surface area contributed by atoms with Gasteiger partial charge in [-0.2, -0.15) is 0 Å². The van der Waals surface area contributed by atoms with Gasteiger partial charge in [-0.1, -0.05) is 249 Å². The van der Waals surface area contributed by atoms with Crippen LogP contribution in [0.25, 0.3) is 0 Å². The van der Waals surface area contributed by atoms with E-state index in [1.165, 1.54) is 21.3 Å². The Bertz CT molecular complexity index is 2810. The number of hydrogen-bond donors (Lipinski definition) is 8. The smallest absolute Gasteiger partial charge is 1.00 e. The number of esters is 5. The van der Waals surface area contributed by atoms with Crippen molar-refractivity contribution < 1.29 is 123 Å². The van der Waals surface area contributed by atoms with Crippen LogP contribution in [0, 0.1) is 88.7 Å². The molecule has 117 heavy (non-hydrogen) atoms. The predicted octanol–water partition coefficient (Wildman–Crippen LogP) is 13.5. The Morgan fingerprint density at radius 2 is 0.838 bits per heavy atom. The number of methoxy groups -OCH3 is 3. The van der Waals surface area contributed by atoms with Crippen molar-refractivity contribution in [1.82, 2.24) is 16.0 Å². The molecule has 25 nitrogen and oxygen atoms in total. The molecule has 0 aromatic heterocycles. The number of quaternary nitrogens is 1. The van der Waals surface area contributed by atoms with Gasteiger partial charge in [0.15, 0.2) is 23.9 Å². The molecule has 28 heteroatoms. The van der Waals surface area contributed by atoms with E-state index >= 15 is 0 Å². The van der Waals surface area contributed by atoms with E-state index in [1.807, 2.05) is 111 Å². The Balaban J connectivity index is -0.0000000865. The number of aliphatic hydroxyl groups excluding tert-OH is 1. The van der Waals surface area contributed by atoms with Gasteiger partial charge >= 0.3 is 66.7 Å². The fraction of sp³-hybridized carbons (Fsp3) is 0.843. The summed E-state index contributed by atoms with van der Waals surface area (Å²) in [6, 6.07) is -2.29. The molecule has 0 aliphatic heterocycles. The van der Waals surface area contributed by atoms with Crippen LogP contribution in [0.1, 0.15) is 325 Å². The Morgan fingerprint density at radius 3 is 1.04 bits per heavy atom. The molecule has 0 fully saturated rings. The molecule has 3 amide bonds. The first-order valence-corrected chi connectivity index (χ1v) is 41.4. The van der Waals surface area contributed by atoms with Crippen LogP contribution >= 0.6 is 8.58 Å². The number of carboxylic acids is 2. The van der Waals surface area contributed by atoms with Crippen LogP contribution in [0.3, 0.4) is 0 Å². The molecule has 0 aromatic carbocycles. The summed E-state index contributed by atoms with van der Waals surface area (Å²) in [5.74, 6) is -3.39. The molecule has 0 aliphatic rings. The first-order valence-electron chi connectivity index (χ1n) is 39.4. The summed E-state index contributed by atoms with van der Waals surface area (Å²) in [6.07, 6.45) is 4.97. The van der Waals surface area contributed by atoms with E-state index in [-0.39, 0.29) is 158 Å². The predicted molar refractivity (Wildman–Crippen MR) is 485 cm³/mol. The fourth-order valence-electron chi connectivity index (χ4n) is 6.35. The zero-order valence-electron chi connectivity index (χ0n) is 84.8. The summed E-state index contributed by atoms with van der Waals surface area (Å²) in [7, 11) is 5.03. The average Bonchev–Trinajstić information content (AvgIpc) is 0.834. The number of carbonyl (C=O) groups is 11. The van der Waals surface area contributed by atoms with Crippen molar-refractivity contribution in [2.45, 2.75) is 347 Å². The second-order valence-corrected chi connectivity index (χ2v) is 43.0. The number of allylic oxidation sites excluding steroid dienone is 1. The number of aldehydes is 1. The largest absolute Gasteiger partial charge is 1.00 e. The molecule has 0 spiro atoms. The molecular formula is C89H186AlLiN5O20P. The van der Waals surface area contributed by atoms with E-state index < -0.39 is 59.1 Å². The summed E-state index contributed by atoms with van der Waals surface area (Å²) >= 11 is 0. The minimum atomic E-state index is -1.05. The monoisotopic (exact) mass is 1710 g/mol. The number of nitrogens with two attached hydrogens (primary N) is 1. The summed E-state index contributed by atoms with van der Waals surface area (Å²) in [5.41, 5.74) is 7.38. The van der Waals surface area contributed by atoms with Gasteiger partial charge in [0.1, 0.15) is 35.7 Å². The fourth-order valence-corrected chi connectivity index (χ4v) is 6.35. The standard InChI is InChI=1S/C15H29NO4.C12H23NO3.C12H21NO3.C10H21NO2.C10H20O2.C8H16O2.C8H18O.C8H16O.C3H7NO2.C2H7P.CH3.Al.Li.4H/c1-13(2,3)15(7,8)9-10(11(17)18)16-12(19)20-14(4,5)6;2*1-11(2,3)12(4,5)7-9(13-8-14)10(15)16-6;1-9(2,3)10(4,5)6-7(11)8(12)13;1-7-12-8(11)10(5,6)9(2,3)4;1-5-10-7(9)6-8(2,3)4;2*1-7(2,3)8(4,5)6-9;1-6-3(5)2-4;1-3-2;;;;;;;/h10H,9H2,1-8H3,(H,16,19)(H,17,18);8-9H,7H2,1-6H3,(H,13,14);7-8H,1-6H3,(H,13,14);7H,6,11H2,1-5H3,(H,12,13);7H2,1-6H3;5-6H2,1-4H3;9H,6H2,1-5H3;6H,1-5H3;2,4H2,1H3;3H,1-2H3;1H3;;;;;;/q;;;;;;;;;;-1;;+1;;;;-1/p+1. The SMILES string of the molecule is CC(C)(C)C(C)(C)C=O.CC(C)(C)C(C)(C)CC(N)C(=O)O.CC(C)(C)C(C)(C)CO.CC(C)(C)OC(=O)NC(CC(C)(C)C(C)(C)C)C(=O)O.CCOC(=O)C(C)(C)C(C)(C)C.CCOC(=O)CC(C)(C)C.COC(=O)C(=CC(C)(C)C(C)(C)C)NC=O.COC(=O)C(CC(C)(C)C(C)(C)C)NC=O.COC(=O)C[NH3+].CPC.[AlH3].[CH3-].[H-].[Li+]. The maximum Gasteiger partial charge on any atom is 1.00 e. The molecule has 3 atom stereocenters. The molecule has 11 N–H and O–H groups in total. The van der Waals surface area contributed by atoms with Crippen LogP contribution in [0.15, 0.2) is 11.8 Å². The Morgan fingerprint density at radius 1 is 0.487 bits per heavy atom. The number of amides is 3. The van der Waals surface area contributed by atoms with E-state index in [9.17, 15) is 57.8 Å². The van der Waals surface area contributed by atoms with Gasteiger partial charge in [0, 0.05) is 12.0 Å². The molecule has 0 saturated carbocycles. The van der Waals surface area contributed by atoms with Crippen LogP contribution in [-0.2, 0) is 76.4 Å². The molecule has 0 aliphatic carbocycles. The number of hydrogen-bond acceptors (Lipinski definition) is 19. The molecule has 3 unspecified atom stereocenters. The van der Waals surface area contributed by atoms with Crippen LogP contribution in [0.4, 0.5) is 4.79 Å². The van der Waals surface area contributed by atoms with Crippen molar-refractivity contribution in [2.24, 2.45) is 87.0 Å². The summed E-state index contributed by atoms with van der Waals surface area (Å²) in [6.45, 7) is 92.6. The quantitative estimate of drug-likeness (QED) is 0.00896. The summed E-state index contributed by atoms with van der Waals surface area (Å²) < 4.78 is 28.3. The van der Waals surface area contributed by atoms with Crippen LogP contribution in [-0.4, -0.2) is 184 Å². The van der Waals surface area contributed by atoms with E-state index in [0.29, 0.717) is 51.7 Å². The molecule has 0 aromatic rings. The molecule has 0 radical (unpaired) electrons. The van der Waals surface area contributed by atoms with Crippen molar-refractivity contribution in [3.8, 4) is 0 Å². The minimum Gasteiger partial charge on any atom is -1.00 e. The number of rotatable bonds is 23.